The molecule has 0 saturated carbocycles. The maximum Gasteiger partial charge on any atom is 0.0558 e. The van der Waals surface area contributed by atoms with E-state index in [0.29, 0.717) is 12.6 Å². The third-order valence-corrected chi connectivity index (χ3v) is 2.63. The Bertz CT molecular complexity index is 126. The highest BCUT2D eigenvalue weighted by atomic mass is 16.3. The van der Waals surface area contributed by atoms with Crippen molar-refractivity contribution in [2.24, 2.45) is 0 Å². The van der Waals surface area contributed by atoms with Crippen LogP contribution in [-0.4, -0.2) is 61.3 Å². The summed E-state index contributed by atoms with van der Waals surface area (Å²) in [5.74, 6) is 0. The molecule has 0 aliphatic carbocycles. The summed E-state index contributed by atoms with van der Waals surface area (Å²) in [6, 6.07) is 0.685. The first-order valence-corrected chi connectivity index (χ1v) is 4.73. The van der Waals surface area contributed by atoms with Crippen LogP contribution in [0, 0.1) is 0 Å². The van der Waals surface area contributed by atoms with Crippen molar-refractivity contribution in [3.63, 3.8) is 0 Å². The van der Waals surface area contributed by atoms with Gasteiger partial charge in [0.25, 0.3) is 0 Å². The molecule has 0 bridgehead atoms. The van der Waals surface area contributed by atoms with Crippen molar-refractivity contribution in [3.8, 4) is 0 Å². The standard InChI is InChI=1S/C9H20N2O/c1-10(2)9-4-3-5-11(8-9)6-7-12/h9,12H,3-8H2,1-2H3/t9-/m0/s1. The molecule has 12 heavy (non-hydrogen) atoms. The third kappa shape index (κ3) is 2.73. The van der Waals surface area contributed by atoms with Gasteiger partial charge in [0.15, 0.2) is 0 Å². The second-order valence-electron chi connectivity index (χ2n) is 3.78. The summed E-state index contributed by atoms with van der Waals surface area (Å²) in [4.78, 5) is 4.62. The van der Waals surface area contributed by atoms with Gasteiger partial charge in [0, 0.05) is 19.1 Å². The minimum atomic E-state index is 0.292. The largest absolute Gasteiger partial charge is 0.395 e. The van der Waals surface area contributed by atoms with Crippen LogP contribution in [0.4, 0.5) is 0 Å². The Morgan fingerprint density at radius 3 is 2.83 bits per heavy atom. The molecule has 3 heteroatoms. The van der Waals surface area contributed by atoms with Gasteiger partial charge in [-0.05, 0) is 33.5 Å². The summed E-state index contributed by atoms with van der Waals surface area (Å²) >= 11 is 0. The fourth-order valence-electron chi connectivity index (χ4n) is 1.80. The Morgan fingerprint density at radius 1 is 1.50 bits per heavy atom. The number of aliphatic hydroxyl groups excluding tert-OH is 1. The number of rotatable bonds is 3. The summed E-state index contributed by atoms with van der Waals surface area (Å²) < 4.78 is 0. The van der Waals surface area contributed by atoms with Gasteiger partial charge in [0.05, 0.1) is 6.61 Å². The van der Waals surface area contributed by atoms with E-state index >= 15 is 0 Å². The Kier molecular flexibility index (Phi) is 3.98. The van der Waals surface area contributed by atoms with Gasteiger partial charge in [0.2, 0.25) is 0 Å². The lowest BCUT2D eigenvalue weighted by atomic mass is 10.1. The van der Waals surface area contributed by atoms with Crippen LogP contribution in [-0.2, 0) is 0 Å². The smallest absolute Gasteiger partial charge is 0.0558 e. The van der Waals surface area contributed by atoms with Crippen molar-refractivity contribution in [2.45, 2.75) is 18.9 Å². The first-order valence-electron chi connectivity index (χ1n) is 4.73. The number of likely N-dealkylation sites (N-methyl/N-ethyl adjacent to an activating group) is 1. The second-order valence-corrected chi connectivity index (χ2v) is 3.78. The van der Waals surface area contributed by atoms with Gasteiger partial charge in [-0.15, -0.1) is 0 Å². The van der Waals surface area contributed by atoms with E-state index in [1.165, 1.54) is 12.8 Å². The summed E-state index contributed by atoms with van der Waals surface area (Å²) in [5.41, 5.74) is 0. The van der Waals surface area contributed by atoms with Crippen molar-refractivity contribution >= 4 is 0 Å². The van der Waals surface area contributed by atoms with Gasteiger partial charge in [0.1, 0.15) is 0 Å². The van der Waals surface area contributed by atoms with Gasteiger partial charge in [-0.25, -0.2) is 0 Å². The molecule has 0 unspecified atom stereocenters. The van der Waals surface area contributed by atoms with Crippen molar-refractivity contribution in [3.05, 3.63) is 0 Å². The molecular weight excluding hydrogens is 152 g/mol. The maximum atomic E-state index is 8.79. The molecule has 1 N–H and O–H groups in total. The molecule has 1 aliphatic rings. The van der Waals surface area contributed by atoms with E-state index in [2.05, 4.69) is 23.9 Å². The average molecular weight is 172 g/mol. The quantitative estimate of drug-likeness (QED) is 0.649. The molecule has 3 nitrogen and oxygen atoms in total. The lowest BCUT2D eigenvalue weighted by Crippen LogP contribution is -2.45. The summed E-state index contributed by atoms with van der Waals surface area (Å²) in [6.07, 6.45) is 2.57. The molecular formula is C9H20N2O. The molecule has 0 spiro atoms. The summed E-state index contributed by atoms with van der Waals surface area (Å²) in [7, 11) is 4.26. The predicted octanol–water partition coefficient (Wildman–Crippen LogP) is 0.00470. The van der Waals surface area contributed by atoms with Gasteiger partial charge in [-0.3, -0.25) is 4.90 Å². The van der Waals surface area contributed by atoms with E-state index in [1.807, 2.05) is 0 Å². The van der Waals surface area contributed by atoms with E-state index in [0.717, 1.165) is 19.6 Å². The first-order chi connectivity index (χ1) is 5.74. The molecule has 0 radical (unpaired) electrons. The monoisotopic (exact) mass is 172 g/mol. The molecule has 0 aromatic heterocycles. The second kappa shape index (κ2) is 4.80. The van der Waals surface area contributed by atoms with Crippen LogP contribution in [0.2, 0.25) is 0 Å². The highest BCUT2D eigenvalue weighted by Crippen LogP contribution is 2.12. The highest BCUT2D eigenvalue weighted by Gasteiger charge is 2.20. The molecule has 1 fully saturated rings. The number of β-amino-alcohol motifs (C(OH)–C–C–N with tert-alkyl or cyclic N) is 1. The molecule has 72 valence electrons. The topological polar surface area (TPSA) is 26.7 Å². The van der Waals surface area contributed by atoms with E-state index in [9.17, 15) is 0 Å². The highest BCUT2D eigenvalue weighted by molar-refractivity contribution is 4.77. The van der Waals surface area contributed by atoms with E-state index in [1.54, 1.807) is 0 Å². The van der Waals surface area contributed by atoms with Crippen molar-refractivity contribution in [2.75, 3.05) is 40.3 Å². The van der Waals surface area contributed by atoms with Crippen molar-refractivity contribution in [1.29, 1.82) is 0 Å². The minimum absolute atomic E-state index is 0.292. The van der Waals surface area contributed by atoms with E-state index in [4.69, 9.17) is 5.11 Å². The molecule has 1 heterocycles. The lowest BCUT2D eigenvalue weighted by Gasteiger charge is -2.35. The third-order valence-electron chi connectivity index (χ3n) is 2.63. The number of nitrogens with zero attached hydrogens (tertiary/aromatic N) is 2. The van der Waals surface area contributed by atoms with Gasteiger partial charge >= 0.3 is 0 Å². The van der Waals surface area contributed by atoms with Gasteiger partial charge in [-0.2, -0.15) is 0 Å². The molecule has 0 aromatic rings. The zero-order valence-electron chi connectivity index (χ0n) is 8.16. The SMILES string of the molecule is CN(C)[C@H]1CCCN(CCO)C1. The van der Waals surface area contributed by atoms with E-state index < -0.39 is 0 Å². The van der Waals surface area contributed by atoms with Gasteiger partial charge in [-0.1, -0.05) is 0 Å². The lowest BCUT2D eigenvalue weighted by molar-refractivity contribution is 0.113. The zero-order valence-corrected chi connectivity index (χ0v) is 8.16. The molecule has 1 rings (SSSR count). The number of hydrogen-bond donors (Lipinski definition) is 1. The summed E-state index contributed by atoms with van der Waals surface area (Å²) in [6.45, 7) is 3.41. The zero-order chi connectivity index (χ0) is 8.97. The fourth-order valence-corrected chi connectivity index (χ4v) is 1.80. The van der Waals surface area contributed by atoms with Crippen LogP contribution in [0.25, 0.3) is 0 Å². The maximum absolute atomic E-state index is 8.79. The number of hydrogen-bond acceptors (Lipinski definition) is 3. The van der Waals surface area contributed by atoms with Crippen molar-refractivity contribution in [1.82, 2.24) is 9.80 Å². The van der Waals surface area contributed by atoms with Crippen LogP contribution < -0.4 is 0 Å². The predicted molar refractivity (Wildman–Crippen MR) is 50.2 cm³/mol. The molecule has 1 atom stereocenters. The molecule has 0 amide bonds. The Balaban J connectivity index is 2.30. The number of aliphatic hydroxyl groups is 1. The van der Waals surface area contributed by atoms with Crippen LogP contribution >= 0.6 is 0 Å². The number of likely N-dealkylation sites (tertiary alicyclic amines) is 1. The Morgan fingerprint density at radius 2 is 2.25 bits per heavy atom. The Labute approximate surface area is 75.0 Å². The molecule has 1 saturated heterocycles. The normalized spacial score (nSPS) is 26.5. The fraction of sp³-hybridized carbons (Fsp3) is 1.00. The molecule has 0 aromatic carbocycles. The first kappa shape index (κ1) is 9.96. The van der Waals surface area contributed by atoms with E-state index in [-0.39, 0.29) is 0 Å². The summed E-state index contributed by atoms with van der Waals surface area (Å²) in [5, 5.41) is 8.79. The average Bonchev–Trinajstić information content (AvgIpc) is 2.05. The Hall–Kier alpha value is -0.120. The van der Waals surface area contributed by atoms with Crippen LogP contribution in [0.15, 0.2) is 0 Å². The van der Waals surface area contributed by atoms with Crippen LogP contribution in [0.3, 0.4) is 0 Å². The minimum Gasteiger partial charge on any atom is -0.395 e. The number of piperidine rings is 1. The van der Waals surface area contributed by atoms with Gasteiger partial charge < -0.3 is 10.0 Å². The van der Waals surface area contributed by atoms with Crippen LogP contribution in [0.5, 0.6) is 0 Å². The van der Waals surface area contributed by atoms with Crippen molar-refractivity contribution < 1.29 is 5.11 Å². The molecule has 1 aliphatic heterocycles. The van der Waals surface area contributed by atoms with Crippen LogP contribution in [0.1, 0.15) is 12.8 Å².